The highest BCUT2D eigenvalue weighted by Crippen LogP contribution is 2.31. The molecule has 5 rings (SSSR count). The molecular formula is C24H24N4O3S. The van der Waals surface area contributed by atoms with E-state index in [4.69, 9.17) is 9.15 Å². The molecule has 1 aliphatic heterocycles. The second-order valence-corrected chi connectivity index (χ2v) is 8.76. The first-order valence-electron chi connectivity index (χ1n) is 10.6. The fourth-order valence-corrected chi connectivity index (χ4v) is 4.85. The lowest BCUT2D eigenvalue weighted by molar-refractivity contribution is 0.122. The number of aromatic nitrogens is 3. The van der Waals surface area contributed by atoms with Crippen LogP contribution < -0.4 is 10.5 Å². The average Bonchev–Trinajstić information content (AvgIpc) is 3.25. The number of hydrogen-bond acceptors (Lipinski definition) is 7. The van der Waals surface area contributed by atoms with E-state index in [0.717, 1.165) is 52.0 Å². The van der Waals surface area contributed by atoms with Crippen LogP contribution in [0.3, 0.4) is 0 Å². The van der Waals surface area contributed by atoms with Crippen LogP contribution in [0.4, 0.5) is 5.95 Å². The summed E-state index contributed by atoms with van der Waals surface area (Å²) in [4.78, 5) is 14.5. The number of hydrogen-bond donors (Lipinski definition) is 0. The zero-order valence-electron chi connectivity index (χ0n) is 18.1. The molecule has 4 aromatic rings. The number of para-hydroxylation sites is 1. The average molecular weight is 449 g/mol. The van der Waals surface area contributed by atoms with Crippen LogP contribution in [-0.2, 0) is 10.5 Å². The molecule has 1 fully saturated rings. The van der Waals surface area contributed by atoms with Crippen molar-refractivity contribution in [1.29, 1.82) is 0 Å². The van der Waals surface area contributed by atoms with E-state index < -0.39 is 0 Å². The second-order valence-electron chi connectivity index (χ2n) is 7.82. The van der Waals surface area contributed by atoms with Crippen molar-refractivity contribution in [3.63, 3.8) is 0 Å². The zero-order chi connectivity index (χ0) is 22.1. The first-order valence-corrected chi connectivity index (χ1v) is 11.6. The maximum absolute atomic E-state index is 12.3. The smallest absolute Gasteiger partial charge is 0.336 e. The lowest BCUT2D eigenvalue weighted by Gasteiger charge is -2.27. The predicted molar refractivity (Wildman–Crippen MR) is 126 cm³/mol. The zero-order valence-corrected chi connectivity index (χ0v) is 18.9. The van der Waals surface area contributed by atoms with Gasteiger partial charge in [-0.25, -0.2) is 4.79 Å². The fourth-order valence-electron chi connectivity index (χ4n) is 3.91. The fraction of sp³-hybridized carbons (Fsp3) is 0.292. The lowest BCUT2D eigenvalue weighted by atomic mass is 10.0. The molecule has 0 bridgehead atoms. The van der Waals surface area contributed by atoms with Gasteiger partial charge < -0.3 is 14.1 Å². The number of aryl methyl sites for hydroxylation is 2. The molecule has 0 saturated carbocycles. The van der Waals surface area contributed by atoms with Crippen molar-refractivity contribution in [3.8, 4) is 5.69 Å². The predicted octanol–water partition coefficient (Wildman–Crippen LogP) is 4.12. The van der Waals surface area contributed by atoms with Crippen LogP contribution in [-0.4, -0.2) is 41.1 Å². The number of morpholine rings is 1. The summed E-state index contributed by atoms with van der Waals surface area (Å²) in [5, 5.41) is 10.8. The van der Waals surface area contributed by atoms with Crippen LogP contribution in [0, 0.1) is 13.8 Å². The van der Waals surface area contributed by atoms with Crippen LogP contribution in [0.1, 0.15) is 16.7 Å². The molecule has 2 aromatic heterocycles. The summed E-state index contributed by atoms with van der Waals surface area (Å²) in [6, 6.07) is 15.8. The summed E-state index contributed by atoms with van der Waals surface area (Å²) in [5.41, 5.74) is 4.36. The monoisotopic (exact) mass is 448 g/mol. The minimum atomic E-state index is -0.333. The van der Waals surface area contributed by atoms with Gasteiger partial charge in [0.25, 0.3) is 0 Å². The second kappa shape index (κ2) is 8.80. The van der Waals surface area contributed by atoms with Gasteiger partial charge in [0.15, 0.2) is 5.16 Å². The molecule has 8 heteroatoms. The molecule has 1 aliphatic rings. The van der Waals surface area contributed by atoms with Gasteiger partial charge in [-0.2, -0.15) is 0 Å². The topological polar surface area (TPSA) is 73.4 Å². The van der Waals surface area contributed by atoms with Gasteiger partial charge in [-0.3, -0.25) is 4.57 Å². The molecule has 2 aromatic carbocycles. The molecule has 0 amide bonds. The Labute approximate surface area is 190 Å². The maximum atomic E-state index is 12.3. The summed E-state index contributed by atoms with van der Waals surface area (Å²) in [7, 11) is 0. The number of benzene rings is 2. The van der Waals surface area contributed by atoms with E-state index in [2.05, 4.69) is 37.9 Å². The Morgan fingerprint density at radius 1 is 1.03 bits per heavy atom. The van der Waals surface area contributed by atoms with E-state index in [1.165, 1.54) is 0 Å². The third-order valence-electron chi connectivity index (χ3n) is 5.80. The van der Waals surface area contributed by atoms with Gasteiger partial charge in [-0.1, -0.05) is 42.1 Å². The van der Waals surface area contributed by atoms with Crippen molar-refractivity contribution in [2.75, 3.05) is 31.2 Å². The summed E-state index contributed by atoms with van der Waals surface area (Å²) < 4.78 is 13.1. The van der Waals surface area contributed by atoms with E-state index in [0.29, 0.717) is 24.5 Å². The summed E-state index contributed by atoms with van der Waals surface area (Å²) in [5.74, 6) is 1.39. The van der Waals surface area contributed by atoms with Crippen molar-refractivity contribution >= 4 is 28.7 Å². The van der Waals surface area contributed by atoms with Crippen molar-refractivity contribution < 1.29 is 9.15 Å². The Morgan fingerprint density at radius 3 is 2.59 bits per heavy atom. The SMILES string of the molecule is Cc1ccc2c(CSc3nnc(N4CCOCC4)n3-c3ccccc3)cc(=O)oc2c1C. The Balaban J connectivity index is 1.52. The van der Waals surface area contributed by atoms with Gasteiger partial charge in [0.2, 0.25) is 5.95 Å². The molecule has 0 atom stereocenters. The first-order chi connectivity index (χ1) is 15.6. The minimum Gasteiger partial charge on any atom is -0.422 e. The molecule has 7 nitrogen and oxygen atoms in total. The van der Waals surface area contributed by atoms with Crippen LogP contribution in [0.15, 0.2) is 62.9 Å². The maximum Gasteiger partial charge on any atom is 0.336 e. The molecular weight excluding hydrogens is 424 g/mol. The van der Waals surface area contributed by atoms with Crippen LogP contribution >= 0.6 is 11.8 Å². The van der Waals surface area contributed by atoms with Crippen LogP contribution in [0.25, 0.3) is 16.7 Å². The quantitative estimate of drug-likeness (QED) is 0.336. The molecule has 0 spiro atoms. The Morgan fingerprint density at radius 2 is 1.81 bits per heavy atom. The Hall–Kier alpha value is -3.10. The molecule has 0 unspecified atom stereocenters. The summed E-state index contributed by atoms with van der Waals surface area (Å²) >= 11 is 1.56. The van der Waals surface area contributed by atoms with Crippen molar-refractivity contribution in [2.45, 2.75) is 24.8 Å². The molecule has 0 N–H and O–H groups in total. The Kier molecular flexibility index (Phi) is 5.71. The molecule has 0 aliphatic carbocycles. The van der Waals surface area contributed by atoms with Gasteiger partial charge in [0.1, 0.15) is 5.58 Å². The van der Waals surface area contributed by atoms with Crippen LogP contribution in [0.5, 0.6) is 0 Å². The van der Waals surface area contributed by atoms with E-state index in [1.807, 2.05) is 38.1 Å². The van der Waals surface area contributed by atoms with Gasteiger partial charge in [-0.15, -0.1) is 10.2 Å². The van der Waals surface area contributed by atoms with Crippen LogP contribution in [0.2, 0.25) is 0 Å². The molecule has 3 heterocycles. The number of thioether (sulfide) groups is 1. The number of rotatable bonds is 5. The highest BCUT2D eigenvalue weighted by Gasteiger charge is 2.22. The van der Waals surface area contributed by atoms with Crippen molar-refractivity contribution in [3.05, 3.63) is 75.6 Å². The van der Waals surface area contributed by atoms with E-state index in [1.54, 1.807) is 17.8 Å². The number of nitrogens with zero attached hydrogens (tertiary/aromatic N) is 4. The lowest BCUT2D eigenvalue weighted by Crippen LogP contribution is -2.37. The number of anilines is 1. The van der Waals surface area contributed by atoms with Crippen molar-refractivity contribution in [1.82, 2.24) is 14.8 Å². The summed E-state index contributed by atoms with van der Waals surface area (Å²) in [6.45, 7) is 6.91. The van der Waals surface area contributed by atoms with Gasteiger partial charge in [-0.05, 0) is 42.7 Å². The molecule has 32 heavy (non-hydrogen) atoms. The largest absolute Gasteiger partial charge is 0.422 e. The highest BCUT2D eigenvalue weighted by molar-refractivity contribution is 7.98. The minimum absolute atomic E-state index is 0.333. The van der Waals surface area contributed by atoms with Gasteiger partial charge >= 0.3 is 5.63 Å². The number of ether oxygens (including phenoxy) is 1. The first kappa shape index (κ1) is 20.8. The van der Waals surface area contributed by atoms with Gasteiger partial charge in [0, 0.05) is 30.3 Å². The van der Waals surface area contributed by atoms with E-state index >= 15 is 0 Å². The van der Waals surface area contributed by atoms with Gasteiger partial charge in [0.05, 0.1) is 18.9 Å². The normalized spacial score (nSPS) is 14.2. The Bertz CT molecular complexity index is 1310. The highest BCUT2D eigenvalue weighted by atomic mass is 32.2. The molecule has 164 valence electrons. The third-order valence-corrected chi connectivity index (χ3v) is 6.78. The van der Waals surface area contributed by atoms with E-state index in [9.17, 15) is 4.79 Å². The summed E-state index contributed by atoms with van der Waals surface area (Å²) in [6.07, 6.45) is 0. The molecule has 1 saturated heterocycles. The van der Waals surface area contributed by atoms with E-state index in [-0.39, 0.29) is 5.63 Å². The molecule has 0 radical (unpaired) electrons. The third kappa shape index (κ3) is 3.91. The number of fused-ring (bicyclic) bond motifs is 1. The van der Waals surface area contributed by atoms with Crippen molar-refractivity contribution in [2.24, 2.45) is 0 Å². The standard InChI is InChI=1S/C24H24N4O3S/c1-16-8-9-20-18(14-21(29)31-22(20)17(16)2)15-32-24-26-25-23(27-10-12-30-13-11-27)28(24)19-6-4-3-5-7-19/h3-9,14H,10-13,15H2,1-2H3.